The first-order chi connectivity index (χ1) is 11.5. The van der Waals surface area contributed by atoms with E-state index in [0.717, 1.165) is 30.6 Å². The number of rotatable bonds is 2. The number of ether oxygens (including phenoxy) is 2. The SMILES string of the molecule is COc1cc2c(cc1O)[C@@H]1[C@H](O)[C@@H](OC(C)=O)C=C3CCN(C2)[C@H]31. The monoisotopic (exact) mass is 331 g/mol. The van der Waals surface area contributed by atoms with Crippen LogP contribution in [0, 0.1) is 0 Å². The summed E-state index contributed by atoms with van der Waals surface area (Å²) in [7, 11) is 1.52. The predicted octanol–water partition coefficient (Wildman–Crippen LogP) is 1.30. The van der Waals surface area contributed by atoms with E-state index < -0.39 is 18.2 Å². The number of aromatic hydroxyl groups is 1. The van der Waals surface area contributed by atoms with E-state index in [-0.39, 0.29) is 17.7 Å². The van der Waals surface area contributed by atoms with Crippen LogP contribution >= 0.6 is 0 Å². The van der Waals surface area contributed by atoms with Gasteiger partial charge in [-0.1, -0.05) is 5.57 Å². The van der Waals surface area contributed by atoms with E-state index in [2.05, 4.69) is 4.90 Å². The molecule has 2 aliphatic heterocycles. The van der Waals surface area contributed by atoms with Crippen molar-refractivity contribution in [3.63, 3.8) is 0 Å². The van der Waals surface area contributed by atoms with E-state index >= 15 is 0 Å². The zero-order valence-electron chi connectivity index (χ0n) is 13.7. The third kappa shape index (κ3) is 2.21. The van der Waals surface area contributed by atoms with Gasteiger partial charge in [0.15, 0.2) is 11.5 Å². The summed E-state index contributed by atoms with van der Waals surface area (Å²) in [5.41, 5.74) is 3.15. The first-order valence-corrected chi connectivity index (χ1v) is 8.19. The van der Waals surface area contributed by atoms with Gasteiger partial charge in [0.2, 0.25) is 0 Å². The summed E-state index contributed by atoms with van der Waals surface area (Å²) < 4.78 is 10.5. The lowest BCUT2D eigenvalue weighted by atomic mass is 9.73. The largest absolute Gasteiger partial charge is 0.504 e. The Bertz CT molecular complexity index is 728. The van der Waals surface area contributed by atoms with Gasteiger partial charge in [-0.05, 0) is 35.8 Å². The standard InChI is InChI=1S/C18H21NO5/c1-9(20)24-15-5-10-3-4-19-8-11-6-14(23-2)13(21)7-12(11)16(17(10)19)18(15)22/h5-7,15-18,21-22H,3-4,8H2,1-2H3/t15-,16-,17+,18+/m0/s1. The van der Waals surface area contributed by atoms with Crippen LogP contribution in [-0.4, -0.2) is 53.0 Å². The minimum absolute atomic E-state index is 0.0648. The number of benzene rings is 1. The fourth-order valence-electron chi connectivity index (χ4n) is 4.42. The zero-order chi connectivity index (χ0) is 17.0. The number of aliphatic hydroxyl groups excluding tert-OH is 1. The van der Waals surface area contributed by atoms with Gasteiger partial charge in [-0.3, -0.25) is 9.69 Å². The van der Waals surface area contributed by atoms with Gasteiger partial charge in [0.05, 0.1) is 7.11 Å². The van der Waals surface area contributed by atoms with Crippen molar-refractivity contribution in [3.05, 3.63) is 34.9 Å². The van der Waals surface area contributed by atoms with E-state index in [1.54, 1.807) is 6.07 Å². The van der Waals surface area contributed by atoms with Gasteiger partial charge in [-0.15, -0.1) is 0 Å². The third-order valence-electron chi connectivity index (χ3n) is 5.36. The lowest BCUT2D eigenvalue weighted by Gasteiger charge is -2.45. The van der Waals surface area contributed by atoms with E-state index in [1.807, 2.05) is 12.1 Å². The fourth-order valence-corrected chi connectivity index (χ4v) is 4.42. The van der Waals surface area contributed by atoms with Crippen LogP contribution in [0.5, 0.6) is 11.5 Å². The van der Waals surface area contributed by atoms with Crippen LogP contribution in [0.1, 0.15) is 30.4 Å². The van der Waals surface area contributed by atoms with Crippen molar-refractivity contribution in [2.75, 3.05) is 13.7 Å². The molecule has 2 heterocycles. The number of fused-ring (bicyclic) bond motifs is 2. The van der Waals surface area contributed by atoms with Crippen molar-refractivity contribution in [1.82, 2.24) is 4.90 Å². The van der Waals surface area contributed by atoms with Crippen LogP contribution in [0.25, 0.3) is 0 Å². The molecule has 1 aliphatic carbocycles. The summed E-state index contributed by atoms with van der Waals surface area (Å²) in [6.45, 7) is 3.02. The number of hydrogen-bond donors (Lipinski definition) is 2. The van der Waals surface area contributed by atoms with Gasteiger partial charge >= 0.3 is 5.97 Å². The molecule has 0 aromatic heterocycles. The second kappa shape index (κ2) is 5.50. The summed E-state index contributed by atoms with van der Waals surface area (Å²) in [5.74, 6) is -0.130. The number of methoxy groups -OCH3 is 1. The molecule has 0 saturated carbocycles. The molecule has 1 aromatic rings. The van der Waals surface area contributed by atoms with Crippen LogP contribution in [0.3, 0.4) is 0 Å². The van der Waals surface area contributed by atoms with E-state index in [9.17, 15) is 15.0 Å². The number of phenolic OH excluding ortho intramolecular Hbond substituents is 1. The molecular weight excluding hydrogens is 310 g/mol. The van der Waals surface area contributed by atoms with Gasteiger partial charge in [0.25, 0.3) is 0 Å². The van der Waals surface area contributed by atoms with Gasteiger partial charge in [0, 0.05) is 32.0 Å². The second-order valence-electron chi connectivity index (χ2n) is 6.72. The Kier molecular flexibility index (Phi) is 3.54. The van der Waals surface area contributed by atoms with Crippen LogP contribution in [0.2, 0.25) is 0 Å². The first-order valence-electron chi connectivity index (χ1n) is 8.19. The summed E-state index contributed by atoms with van der Waals surface area (Å²) >= 11 is 0. The Hall–Kier alpha value is -2.05. The molecule has 24 heavy (non-hydrogen) atoms. The maximum atomic E-state index is 11.4. The molecule has 128 valence electrons. The summed E-state index contributed by atoms with van der Waals surface area (Å²) in [6.07, 6.45) is 1.33. The molecule has 6 heteroatoms. The molecule has 6 nitrogen and oxygen atoms in total. The van der Waals surface area contributed by atoms with E-state index in [1.165, 1.54) is 19.6 Å². The Balaban J connectivity index is 1.81. The smallest absolute Gasteiger partial charge is 0.303 e. The van der Waals surface area contributed by atoms with Crippen LogP contribution < -0.4 is 4.74 Å². The number of phenols is 1. The Morgan fingerprint density at radius 3 is 2.88 bits per heavy atom. The van der Waals surface area contributed by atoms with Crippen molar-refractivity contribution in [3.8, 4) is 11.5 Å². The molecule has 1 fully saturated rings. The highest BCUT2D eigenvalue weighted by Gasteiger charge is 2.49. The summed E-state index contributed by atoms with van der Waals surface area (Å²) in [6, 6.07) is 3.63. The topological polar surface area (TPSA) is 79.2 Å². The molecule has 3 aliphatic rings. The lowest BCUT2D eigenvalue weighted by Crippen LogP contribution is -2.50. The molecule has 4 rings (SSSR count). The van der Waals surface area contributed by atoms with Gasteiger partial charge < -0.3 is 19.7 Å². The number of aliphatic hydroxyl groups is 1. The average Bonchev–Trinajstić information content (AvgIpc) is 2.93. The highest BCUT2D eigenvalue weighted by Crippen LogP contribution is 2.49. The van der Waals surface area contributed by atoms with Crippen molar-refractivity contribution in [2.24, 2.45) is 0 Å². The number of hydrogen-bond acceptors (Lipinski definition) is 6. The maximum Gasteiger partial charge on any atom is 0.303 e. The number of carbonyl (C=O) groups is 1. The maximum absolute atomic E-state index is 11.4. The molecule has 0 bridgehead atoms. The zero-order valence-corrected chi connectivity index (χ0v) is 13.7. The van der Waals surface area contributed by atoms with Crippen LogP contribution in [-0.2, 0) is 16.1 Å². The van der Waals surface area contributed by atoms with Gasteiger partial charge in [-0.25, -0.2) is 0 Å². The van der Waals surface area contributed by atoms with Crippen LogP contribution in [0.15, 0.2) is 23.8 Å². The highest BCUT2D eigenvalue weighted by molar-refractivity contribution is 5.66. The molecular formula is C18H21NO5. The predicted molar refractivity (Wildman–Crippen MR) is 85.9 cm³/mol. The summed E-state index contributed by atoms with van der Waals surface area (Å²) in [5, 5.41) is 21.1. The molecule has 0 amide bonds. The molecule has 4 atom stereocenters. The molecule has 0 unspecified atom stereocenters. The van der Waals surface area contributed by atoms with Gasteiger partial charge in [0.1, 0.15) is 12.2 Å². The average molecular weight is 331 g/mol. The Labute approximate surface area is 140 Å². The van der Waals surface area contributed by atoms with Crippen LogP contribution in [0.4, 0.5) is 0 Å². The van der Waals surface area contributed by atoms with Crippen molar-refractivity contribution in [1.29, 1.82) is 0 Å². The normalized spacial score (nSPS) is 31.0. The minimum atomic E-state index is -0.838. The molecule has 2 N–H and O–H groups in total. The molecule has 1 saturated heterocycles. The van der Waals surface area contributed by atoms with Crippen molar-refractivity contribution in [2.45, 2.75) is 44.1 Å². The van der Waals surface area contributed by atoms with Crippen molar-refractivity contribution < 1.29 is 24.5 Å². The fraction of sp³-hybridized carbons (Fsp3) is 0.500. The highest BCUT2D eigenvalue weighted by atomic mass is 16.6. The lowest BCUT2D eigenvalue weighted by molar-refractivity contribution is -0.150. The number of nitrogens with zero attached hydrogens (tertiary/aromatic N) is 1. The minimum Gasteiger partial charge on any atom is -0.504 e. The molecule has 0 spiro atoms. The molecule has 1 aromatic carbocycles. The molecule has 0 radical (unpaired) electrons. The Morgan fingerprint density at radius 2 is 2.17 bits per heavy atom. The second-order valence-corrected chi connectivity index (χ2v) is 6.72. The first kappa shape index (κ1) is 15.5. The van der Waals surface area contributed by atoms with E-state index in [0.29, 0.717) is 5.75 Å². The summed E-state index contributed by atoms with van der Waals surface area (Å²) in [4.78, 5) is 13.7. The van der Waals surface area contributed by atoms with E-state index in [4.69, 9.17) is 9.47 Å². The third-order valence-corrected chi connectivity index (χ3v) is 5.36. The Morgan fingerprint density at radius 1 is 1.38 bits per heavy atom. The number of carbonyl (C=O) groups excluding carboxylic acids is 1. The van der Waals surface area contributed by atoms with Crippen molar-refractivity contribution >= 4 is 5.97 Å². The van der Waals surface area contributed by atoms with Gasteiger partial charge in [-0.2, -0.15) is 0 Å². The number of esters is 1. The quantitative estimate of drug-likeness (QED) is 0.628.